The molecule has 0 saturated heterocycles. The molecule has 2 aromatic carbocycles. The van der Waals surface area contributed by atoms with Crippen LogP contribution in [0.1, 0.15) is 11.1 Å². The van der Waals surface area contributed by atoms with Gasteiger partial charge in [0.2, 0.25) is 5.95 Å². The van der Waals surface area contributed by atoms with E-state index in [1.54, 1.807) is 23.1 Å². The first kappa shape index (κ1) is 16.1. The first-order valence-electron chi connectivity index (χ1n) is 7.37. The maximum absolute atomic E-state index is 12.9. The summed E-state index contributed by atoms with van der Waals surface area (Å²) in [6, 6.07) is 14.2. The summed E-state index contributed by atoms with van der Waals surface area (Å²) in [5, 5.41) is 10.5. The summed E-state index contributed by atoms with van der Waals surface area (Å²) in [6.07, 6.45) is 1.64. The number of hydrogen-bond acceptors (Lipinski definition) is 3. The number of aryl methyl sites for hydroxylation is 1. The van der Waals surface area contributed by atoms with Gasteiger partial charge in [0.1, 0.15) is 12.1 Å². The molecule has 0 saturated carbocycles. The molecule has 0 aliphatic rings. The van der Waals surface area contributed by atoms with Crippen molar-refractivity contribution in [3.05, 3.63) is 71.8 Å². The van der Waals surface area contributed by atoms with Gasteiger partial charge in [-0.1, -0.05) is 29.8 Å². The molecule has 1 aromatic heterocycles. The topological polar surface area (TPSA) is 54.8 Å². The van der Waals surface area contributed by atoms with Crippen molar-refractivity contribution in [1.29, 1.82) is 0 Å². The predicted molar refractivity (Wildman–Crippen MR) is 96.5 cm³/mol. The summed E-state index contributed by atoms with van der Waals surface area (Å²) in [7, 11) is 0. The van der Waals surface area contributed by atoms with Gasteiger partial charge in [0.25, 0.3) is 0 Å². The second-order valence-corrected chi connectivity index (χ2v) is 5.75. The molecule has 5 nitrogen and oxygen atoms in total. The van der Waals surface area contributed by atoms with Crippen LogP contribution < -0.4 is 10.6 Å². The first-order valence-corrected chi connectivity index (χ1v) is 7.78. The van der Waals surface area contributed by atoms with Gasteiger partial charge in [-0.2, -0.15) is 0 Å². The molecule has 7 heteroatoms. The Kier molecular flexibility index (Phi) is 4.81. The van der Waals surface area contributed by atoms with Gasteiger partial charge in [0.15, 0.2) is 5.11 Å². The lowest BCUT2D eigenvalue weighted by Gasteiger charge is -2.07. The van der Waals surface area contributed by atoms with E-state index in [2.05, 4.69) is 39.8 Å². The Hall–Kier alpha value is -2.80. The van der Waals surface area contributed by atoms with E-state index in [1.165, 1.54) is 17.7 Å². The Balaban J connectivity index is 1.59. The van der Waals surface area contributed by atoms with Gasteiger partial charge in [-0.25, -0.2) is 14.1 Å². The number of benzene rings is 2. The molecule has 0 aliphatic heterocycles. The Labute approximate surface area is 144 Å². The van der Waals surface area contributed by atoms with Crippen LogP contribution in [-0.2, 0) is 6.54 Å². The van der Waals surface area contributed by atoms with Crippen LogP contribution in [0.2, 0.25) is 0 Å². The molecule has 24 heavy (non-hydrogen) atoms. The molecule has 0 radical (unpaired) electrons. The number of aromatic nitrogens is 3. The van der Waals surface area contributed by atoms with Crippen molar-refractivity contribution in [2.45, 2.75) is 13.5 Å². The zero-order chi connectivity index (χ0) is 16.9. The second kappa shape index (κ2) is 7.18. The van der Waals surface area contributed by atoms with Crippen LogP contribution in [0.3, 0.4) is 0 Å². The highest BCUT2D eigenvalue weighted by molar-refractivity contribution is 7.80. The van der Waals surface area contributed by atoms with Crippen molar-refractivity contribution in [3.63, 3.8) is 0 Å². The monoisotopic (exact) mass is 341 g/mol. The molecule has 0 bridgehead atoms. The summed E-state index contributed by atoms with van der Waals surface area (Å²) >= 11 is 5.20. The lowest BCUT2D eigenvalue weighted by atomic mass is 10.1. The molecule has 1 heterocycles. The third kappa shape index (κ3) is 4.36. The van der Waals surface area contributed by atoms with Crippen molar-refractivity contribution < 1.29 is 4.39 Å². The van der Waals surface area contributed by atoms with E-state index in [4.69, 9.17) is 12.2 Å². The van der Waals surface area contributed by atoms with Crippen LogP contribution in [-0.4, -0.2) is 19.9 Å². The third-order valence-electron chi connectivity index (χ3n) is 3.29. The highest BCUT2D eigenvalue weighted by atomic mass is 32.1. The summed E-state index contributed by atoms with van der Waals surface area (Å²) in [5.41, 5.74) is 3.04. The van der Waals surface area contributed by atoms with Crippen molar-refractivity contribution >= 4 is 29.0 Å². The average molecular weight is 341 g/mol. The minimum absolute atomic E-state index is 0.295. The van der Waals surface area contributed by atoms with Crippen LogP contribution >= 0.6 is 12.2 Å². The lowest BCUT2D eigenvalue weighted by molar-refractivity contribution is 0.628. The van der Waals surface area contributed by atoms with Crippen LogP contribution in [0.25, 0.3) is 0 Å². The summed E-state index contributed by atoms with van der Waals surface area (Å²) in [4.78, 5) is 4.18. The lowest BCUT2D eigenvalue weighted by Crippen LogP contribution is -2.20. The van der Waals surface area contributed by atoms with E-state index >= 15 is 0 Å². The van der Waals surface area contributed by atoms with E-state index < -0.39 is 0 Å². The Morgan fingerprint density at radius 3 is 2.71 bits per heavy atom. The number of thiocarbonyl (C=S) groups is 1. The number of anilines is 2. The van der Waals surface area contributed by atoms with Gasteiger partial charge in [-0.15, -0.1) is 5.10 Å². The fraction of sp³-hybridized carbons (Fsp3) is 0.118. The van der Waals surface area contributed by atoms with E-state index in [9.17, 15) is 4.39 Å². The van der Waals surface area contributed by atoms with Gasteiger partial charge in [0, 0.05) is 5.69 Å². The fourth-order valence-electron chi connectivity index (χ4n) is 2.22. The molecule has 2 N–H and O–H groups in total. The SMILES string of the molecule is Cc1cccc(Cn2cnc(NC(=S)Nc3ccc(F)cc3)n2)c1. The summed E-state index contributed by atoms with van der Waals surface area (Å²) in [5.74, 6) is 0.109. The molecule has 0 atom stereocenters. The number of nitrogens with one attached hydrogen (secondary N) is 2. The number of nitrogens with zero attached hydrogens (tertiary/aromatic N) is 3. The molecule has 3 rings (SSSR count). The van der Waals surface area contributed by atoms with Crippen LogP contribution in [0.4, 0.5) is 16.0 Å². The molecule has 0 aliphatic carbocycles. The standard InChI is InChI=1S/C17H16FN5S/c1-12-3-2-4-13(9-12)10-23-11-19-16(22-23)21-17(24)20-15-7-5-14(18)6-8-15/h2-9,11H,10H2,1H3,(H2,20,21,22,24). The number of hydrogen-bond donors (Lipinski definition) is 2. The quantitative estimate of drug-likeness (QED) is 0.711. The molecule has 0 amide bonds. The van der Waals surface area contributed by atoms with Crippen molar-refractivity contribution in [2.75, 3.05) is 10.6 Å². The minimum atomic E-state index is -0.295. The van der Waals surface area contributed by atoms with Gasteiger partial charge in [0.05, 0.1) is 6.54 Å². The zero-order valence-electron chi connectivity index (χ0n) is 13.0. The van der Waals surface area contributed by atoms with Crippen LogP contribution in [0.5, 0.6) is 0 Å². The van der Waals surface area contributed by atoms with Gasteiger partial charge in [-0.05, 0) is 49.0 Å². The van der Waals surface area contributed by atoms with E-state index in [0.717, 1.165) is 5.56 Å². The van der Waals surface area contributed by atoms with Gasteiger partial charge in [-0.3, -0.25) is 5.32 Å². The third-order valence-corrected chi connectivity index (χ3v) is 3.50. The Morgan fingerprint density at radius 2 is 1.96 bits per heavy atom. The molecule has 122 valence electrons. The smallest absolute Gasteiger partial charge is 0.248 e. The second-order valence-electron chi connectivity index (χ2n) is 5.34. The average Bonchev–Trinajstić information content (AvgIpc) is 2.96. The van der Waals surface area contributed by atoms with E-state index in [0.29, 0.717) is 23.3 Å². The van der Waals surface area contributed by atoms with Gasteiger partial charge >= 0.3 is 0 Å². The highest BCUT2D eigenvalue weighted by Crippen LogP contribution is 2.10. The minimum Gasteiger partial charge on any atom is -0.332 e. The molecular weight excluding hydrogens is 325 g/mol. The summed E-state index contributed by atoms with van der Waals surface area (Å²) in [6.45, 7) is 2.69. The van der Waals surface area contributed by atoms with E-state index in [-0.39, 0.29) is 5.82 Å². The van der Waals surface area contributed by atoms with Crippen LogP contribution in [0.15, 0.2) is 54.9 Å². The Morgan fingerprint density at radius 1 is 1.17 bits per heavy atom. The fourth-order valence-corrected chi connectivity index (χ4v) is 2.43. The summed E-state index contributed by atoms with van der Waals surface area (Å²) < 4.78 is 14.6. The van der Waals surface area contributed by atoms with Crippen LogP contribution in [0, 0.1) is 12.7 Å². The maximum atomic E-state index is 12.9. The first-order chi connectivity index (χ1) is 11.6. The van der Waals surface area contributed by atoms with E-state index in [1.807, 2.05) is 12.1 Å². The van der Waals surface area contributed by atoms with Crippen molar-refractivity contribution in [3.8, 4) is 0 Å². The highest BCUT2D eigenvalue weighted by Gasteiger charge is 2.05. The molecular formula is C17H16FN5S. The molecule has 3 aromatic rings. The largest absolute Gasteiger partial charge is 0.332 e. The maximum Gasteiger partial charge on any atom is 0.248 e. The van der Waals surface area contributed by atoms with Gasteiger partial charge < -0.3 is 5.32 Å². The Bertz CT molecular complexity index is 844. The zero-order valence-corrected chi connectivity index (χ0v) is 13.8. The normalized spacial score (nSPS) is 10.4. The number of rotatable bonds is 4. The molecule has 0 unspecified atom stereocenters. The van der Waals surface area contributed by atoms with Crippen molar-refractivity contribution in [1.82, 2.24) is 14.8 Å². The molecule has 0 fully saturated rings. The predicted octanol–water partition coefficient (Wildman–Crippen LogP) is 3.58. The molecule has 0 spiro atoms. The van der Waals surface area contributed by atoms with Crippen molar-refractivity contribution in [2.24, 2.45) is 0 Å². The number of halogens is 1.